The first-order valence-corrected chi connectivity index (χ1v) is 5.99. The van der Waals surface area contributed by atoms with Crippen LogP contribution >= 0.6 is 0 Å². The van der Waals surface area contributed by atoms with Crippen LogP contribution in [0.25, 0.3) is 0 Å². The van der Waals surface area contributed by atoms with E-state index >= 15 is 0 Å². The molecule has 0 aromatic rings. The Morgan fingerprint density at radius 2 is 2.00 bits per heavy atom. The van der Waals surface area contributed by atoms with Crippen molar-refractivity contribution in [2.24, 2.45) is 5.73 Å². The Hall–Kier alpha value is -1.14. The average Bonchev–Trinajstić information content (AvgIpc) is 3.02. The molecule has 96 valence electrons. The Labute approximate surface area is 99.7 Å². The van der Waals surface area contributed by atoms with E-state index in [1.165, 1.54) is 4.90 Å². The maximum atomic E-state index is 12.1. The molecule has 6 nitrogen and oxygen atoms in total. The van der Waals surface area contributed by atoms with Gasteiger partial charge in [-0.05, 0) is 25.7 Å². The summed E-state index contributed by atoms with van der Waals surface area (Å²) in [6, 6.07) is 0.0964. The summed E-state index contributed by atoms with van der Waals surface area (Å²) in [7, 11) is 0. The maximum absolute atomic E-state index is 12.1. The number of carboxylic acid groups (broad SMARTS) is 1. The van der Waals surface area contributed by atoms with Crippen molar-refractivity contribution in [3.8, 4) is 0 Å². The van der Waals surface area contributed by atoms with Crippen molar-refractivity contribution < 1.29 is 19.4 Å². The van der Waals surface area contributed by atoms with Crippen LogP contribution in [-0.2, 0) is 14.3 Å². The molecule has 2 atom stereocenters. The predicted octanol–water partition coefficient (Wildman–Crippen LogP) is -0.432. The number of aliphatic carboxylic acids is 1. The van der Waals surface area contributed by atoms with Gasteiger partial charge in [0, 0.05) is 12.6 Å². The highest BCUT2D eigenvalue weighted by molar-refractivity contribution is 5.85. The Kier molecular flexibility index (Phi) is 3.63. The lowest BCUT2D eigenvalue weighted by molar-refractivity contribution is -0.150. The van der Waals surface area contributed by atoms with E-state index in [4.69, 9.17) is 15.6 Å². The molecule has 6 heteroatoms. The number of carbonyl (C=O) groups is 2. The van der Waals surface area contributed by atoms with E-state index in [1.807, 2.05) is 0 Å². The van der Waals surface area contributed by atoms with Gasteiger partial charge in [-0.3, -0.25) is 9.59 Å². The number of carboxylic acids is 1. The van der Waals surface area contributed by atoms with Crippen molar-refractivity contribution in [1.29, 1.82) is 0 Å². The molecule has 1 heterocycles. The largest absolute Gasteiger partial charge is 0.480 e. The molecule has 2 unspecified atom stereocenters. The van der Waals surface area contributed by atoms with E-state index in [2.05, 4.69) is 0 Å². The normalized spacial score (nSPS) is 28.1. The van der Waals surface area contributed by atoms with Crippen LogP contribution in [0, 0.1) is 0 Å². The van der Waals surface area contributed by atoms with Crippen molar-refractivity contribution in [2.45, 2.75) is 43.9 Å². The molecular formula is C11H18N2O4. The molecule has 3 N–H and O–H groups in total. The van der Waals surface area contributed by atoms with E-state index in [0.717, 1.165) is 19.3 Å². The molecule has 1 saturated heterocycles. The van der Waals surface area contributed by atoms with E-state index in [9.17, 15) is 9.59 Å². The summed E-state index contributed by atoms with van der Waals surface area (Å²) in [6.45, 7) is 0.183. The van der Waals surface area contributed by atoms with Gasteiger partial charge in [0.15, 0.2) is 0 Å². The van der Waals surface area contributed by atoms with E-state index in [-0.39, 0.29) is 24.6 Å². The molecule has 2 aliphatic rings. The first kappa shape index (κ1) is 12.3. The standard InChI is InChI=1S/C11H18N2O4/c12-5-8-3-4-9(17-8)11(16)13(6-10(14)15)7-1-2-7/h7-9H,1-6,12H2,(H,14,15). The number of ether oxygens (including phenoxy) is 1. The van der Waals surface area contributed by atoms with Crippen LogP contribution in [0.3, 0.4) is 0 Å². The highest BCUT2D eigenvalue weighted by atomic mass is 16.5. The van der Waals surface area contributed by atoms with Gasteiger partial charge in [-0.2, -0.15) is 0 Å². The van der Waals surface area contributed by atoms with E-state index < -0.39 is 12.1 Å². The summed E-state index contributed by atoms with van der Waals surface area (Å²) in [5.74, 6) is -1.16. The molecule has 0 bridgehead atoms. The van der Waals surface area contributed by atoms with E-state index in [1.54, 1.807) is 0 Å². The van der Waals surface area contributed by atoms with Gasteiger partial charge >= 0.3 is 5.97 Å². The lowest BCUT2D eigenvalue weighted by Gasteiger charge is -2.23. The second-order valence-corrected chi connectivity index (χ2v) is 4.65. The van der Waals surface area contributed by atoms with Gasteiger partial charge in [-0.25, -0.2) is 0 Å². The van der Waals surface area contributed by atoms with Crippen molar-refractivity contribution in [2.75, 3.05) is 13.1 Å². The number of hydrogen-bond donors (Lipinski definition) is 2. The molecule has 1 saturated carbocycles. The third kappa shape index (κ3) is 2.95. The van der Waals surface area contributed by atoms with Gasteiger partial charge in [0.2, 0.25) is 0 Å². The number of nitrogens with two attached hydrogens (primary N) is 1. The molecule has 1 aliphatic carbocycles. The first-order valence-electron chi connectivity index (χ1n) is 5.99. The minimum absolute atomic E-state index is 0.0603. The van der Waals surface area contributed by atoms with Gasteiger partial charge in [0.25, 0.3) is 5.91 Å². The fourth-order valence-corrected chi connectivity index (χ4v) is 2.16. The Morgan fingerprint density at radius 1 is 1.29 bits per heavy atom. The number of hydrogen-bond acceptors (Lipinski definition) is 4. The first-order chi connectivity index (χ1) is 8.11. The molecule has 1 aliphatic heterocycles. The lowest BCUT2D eigenvalue weighted by atomic mass is 10.2. The van der Waals surface area contributed by atoms with Gasteiger partial charge in [-0.15, -0.1) is 0 Å². The number of nitrogens with zero attached hydrogens (tertiary/aromatic N) is 1. The second kappa shape index (κ2) is 5.01. The Morgan fingerprint density at radius 3 is 2.47 bits per heavy atom. The minimum Gasteiger partial charge on any atom is -0.480 e. The maximum Gasteiger partial charge on any atom is 0.323 e. The third-order valence-electron chi connectivity index (χ3n) is 3.22. The summed E-state index contributed by atoms with van der Waals surface area (Å²) in [5.41, 5.74) is 5.48. The quantitative estimate of drug-likeness (QED) is 0.682. The lowest BCUT2D eigenvalue weighted by Crippen LogP contribution is -2.43. The fourth-order valence-electron chi connectivity index (χ4n) is 2.16. The monoisotopic (exact) mass is 242 g/mol. The summed E-state index contributed by atoms with van der Waals surface area (Å²) >= 11 is 0. The average molecular weight is 242 g/mol. The van der Waals surface area contributed by atoms with Gasteiger partial charge in [0.05, 0.1) is 6.10 Å². The predicted molar refractivity (Wildman–Crippen MR) is 59.3 cm³/mol. The van der Waals surface area contributed by atoms with Crippen molar-refractivity contribution in [1.82, 2.24) is 4.90 Å². The third-order valence-corrected chi connectivity index (χ3v) is 3.22. The fraction of sp³-hybridized carbons (Fsp3) is 0.818. The molecule has 0 spiro atoms. The summed E-state index contributed by atoms with van der Waals surface area (Å²) in [6.07, 6.45) is 2.65. The number of amides is 1. The highest BCUT2D eigenvalue weighted by Gasteiger charge is 2.39. The van der Waals surface area contributed by atoms with Gasteiger partial charge in [-0.1, -0.05) is 0 Å². The smallest absolute Gasteiger partial charge is 0.323 e. The zero-order chi connectivity index (χ0) is 12.4. The topological polar surface area (TPSA) is 92.9 Å². The molecule has 0 radical (unpaired) electrons. The summed E-state index contributed by atoms with van der Waals surface area (Å²) < 4.78 is 5.50. The molecular weight excluding hydrogens is 224 g/mol. The van der Waals surface area contributed by atoms with Crippen molar-refractivity contribution in [3.05, 3.63) is 0 Å². The molecule has 2 fully saturated rings. The zero-order valence-electron chi connectivity index (χ0n) is 9.67. The Bertz CT molecular complexity index is 317. The van der Waals surface area contributed by atoms with Gasteiger partial charge in [0.1, 0.15) is 12.6 Å². The zero-order valence-corrected chi connectivity index (χ0v) is 9.67. The van der Waals surface area contributed by atoms with Crippen molar-refractivity contribution >= 4 is 11.9 Å². The van der Waals surface area contributed by atoms with Crippen LogP contribution in [0.4, 0.5) is 0 Å². The van der Waals surface area contributed by atoms with Crippen LogP contribution in [0.2, 0.25) is 0 Å². The molecule has 2 rings (SSSR count). The molecule has 0 aromatic heterocycles. The van der Waals surface area contributed by atoms with Crippen LogP contribution in [0.1, 0.15) is 25.7 Å². The van der Waals surface area contributed by atoms with Crippen molar-refractivity contribution in [3.63, 3.8) is 0 Å². The summed E-state index contributed by atoms with van der Waals surface area (Å²) in [4.78, 5) is 24.3. The second-order valence-electron chi connectivity index (χ2n) is 4.65. The van der Waals surface area contributed by atoms with Crippen LogP contribution in [0.15, 0.2) is 0 Å². The molecule has 0 aromatic carbocycles. The number of carbonyl (C=O) groups excluding carboxylic acids is 1. The van der Waals surface area contributed by atoms with Gasteiger partial charge < -0.3 is 20.5 Å². The van der Waals surface area contributed by atoms with E-state index in [0.29, 0.717) is 13.0 Å². The van der Waals surface area contributed by atoms with Crippen LogP contribution in [-0.4, -0.2) is 53.2 Å². The minimum atomic E-state index is -0.973. The van der Waals surface area contributed by atoms with Crippen LogP contribution < -0.4 is 5.73 Å². The van der Waals surface area contributed by atoms with Crippen LogP contribution in [0.5, 0.6) is 0 Å². The Balaban J connectivity index is 1.94. The summed E-state index contributed by atoms with van der Waals surface area (Å²) in [5, 5.41) is 8.80. The molecule has 1 amide bonds. The highest BCUT2D eigenvalue weighted by Crippen LogP contribution is 2.29. The molecule has 17 heavy (non-hydrogen) atoms. The number of rotatable bonds is 5. The SMILES string of the molecule is NCC1CCC(C(=O)N(CC(=O)O)C2CC2)O1.